The number of hydrogen-bond donors (Lipinski definition) is 1. The normalized spacial score (nSPS) is 10.3. The first-order valence-electron chi connectivity index (χ1n) is 5.76. The third-order valence-electron chi connectivity index (χ3n) is 2.69. The van der Waals surface area contributed by atoms with Crippen LogP contribution in [-0.4, -0.2) is 27.8 Å². The molecule has 0 aliphatic heterocycles. The van der Waals surface area contributed by atoms with E-state index < -0.39 is 17.6 Å². The van der Waals surface area contributed by atoms with E-state index in [-0.39, 0.29) is 10.4 Å². The Balaban J connectivity index is 2.31. The summed E-state index contributed by atoms with van der Waals surface area (Å²) in [5.41, 5.74) is -0.118. The first kappa shape index (κ1) is 13.7. The summed E-state index contributed by atoms with van der Waals surface area (Å²) < 4.78 is 14.0. The van der Waals surface area contributed by atoms with Gasteiger partial charge in [-0.25, -0.2) is 14.0 Å². The lowest BCUT2D eigenvalue weighted by molar-refractivity contribution is 0.194. The van der Waals surface area contributed by atoms with E-state index in [2.05, 4.69) is 4.98 Å². The van der Waals surface area contributed by atoms with Crippen LogP contribution in [0.15, 0.2) is 41.3 Å². The van der Waals surface area contributed by atoms with Gasteiger partial charge in [-0.15, -0.1) is 0 Å². The quantitative estimate of drug-likeness (QED) is 0.921. The predicted molar refractivity (Wildman–Crippen MR) is 70.4 cm³/mol. The summed E-state index contributed by atoms with van der Waals surface area (Å²) in [5.74, 6) is -1.05. The molecule has 2 aromatic rings. The van der Waals surface area contributed by atoms with Gasteiger partial charge in [0.25, 0.3) is 0 Å². The largest absolute Gasteiger partial charge is 0.464 e. The van der Waals surface area contributed by atoms with E-state index in [0.717, 1.165) is 5.56 Å². The Morgan fingerprint density at radius 3 is 2.65 bits per heavy atom. The van der Waals surface area contributed by atoms with E-state index in [4.69, 9.17) is 5.11 Å². The average molecular weight is 277 g/mol. The van der Waals surface area contributed by atoms with Crippen LogP contribution in [0.25, 0.3) is 0 Å². The molecule has 0 bridgehead atoms. The molecule has 20 heavy (non-hydrogen) atoms. The number of aromatic nitrogens is 2. The fourth-order valence-corrected chi connectivity index (χ4v) is 1.76. The molecule has 2 rings (SSSR count). The molecular formula is C13H12FN3O3. The Hall–Kier alpha value is -2.70. The lowest BCUT2D eigenvalue weighted by Crippen LogP contribution is -2.31. The van der Waals surface area contributed by atoms with Gasteiger partial charge in [0.1, 0.15) is 0 Å². The van der Waals surface area contributed by atoms with Crippen molar-refractivity contribution in [1.29, 1.82) is 0 Å². The summed E-state index contributed by atoms with van der Waals surface area (Å²) in [6, 6.07) is 9.25. The monoisotopic (exact) mass is 277 g/mol. The van der Waals surface area contributed by atoms with Gasteiger partial charge in [-0.05, 0) is 5.56 Å². The number of nitrogens with zero attached hydrogens (tertiary/aromatic N) is 3. The van der Waals surface area contributed by atoms with E-state index in [1.165, 1.54) is 4.90 Å². The number of anilines is 1. The molecule has 104 valence electrons. The Morgan fingerprint density at radius 2 is 2.05 bits per heavy atom. The number of carbonyl (C=O) groups is 1. The first-order chi connectivity index (χ1) is 9.49. The third-order valence-corrected chi connectivity index (χ3v) is 2.69. The molecule has 1 aromatic heterocycles. The third kappa shape index (κ3) is 2.82. The summed E-state index contributed by atoms with van der Waals surface area (Å²) in [7, 11) is 1.57. The van der Waals surface area contributed by atoms with Crippen LogP contribution in [0, 0.1) is 5.82 Å². The van der Waals surface area contributed by atoms with E-state index >= 15 is 0 Å². The molecule has 1 aromatic carbocycles. The van der Waals surface area contributed by atoms with Crippen molar-refractivity contribution in [1.82, 2.24) is 9.55 Å². The minimum atomic E-state index is -1.57. The fraction of sp³-hybridized carbons (Fsp3) is 0.154. The second-order valence-corrected chi connectivity index (χ2v) is 4.19. The highest BCUT2D eigenvalue weighted by molar-refractivity contribution is 5.67. The highest BCUT2D eigenvalue weighted by Gasteiger charge is 2.15. The van der Waals surface area contributed by atoms with E-state index in [1.54, 1.807) is 7.05 Å². The van der Waals surface area contributed by atoms with Crippen LogP contribution in [0.4, 0.5) is 15.0 Å². The predicted octanol–water partition coefficient (Wildman–Crippen LogP) is 1.54. The van der Waals surface area contributed by atoms with Crippen molar-refractivity contribution in [3.63, 3.8) is 0 Å². The maximum absolute atomic E-state index is 13.8. The molecule has 0 fully saturated rings. The minimum absolute atomic E-state index is 0.184. The molecule has 0 aliphatic carbocycles. The first-order valence-corrected chi connectivity index (χ1v) is 5.76. The highest BCUT2D eigenvalue weighted by Crippen LogP contribution is 2.14. The zero-order chi connectivity index (χ0) is 14.7. The van der Waals surface area contributed by atoms with Gasteiger partial charge < -0.3 is 10.0 Å². The van der Waals surface area contributed by atoms with Gasteiger partial charge in [0, 0.05) is 13.6 Å². The second kappa shape index (κ2) is 5.52. The van der Waals surface area contributed by atoms with E-state index in [0.29, 0.717) is 12.7 Å². The van der Waals surface area contributed by atoms with Gasteiger partial charge in [0.15, 0.2) is 11.6 Å². The fourth-order valence-electron chi connectivity index (χ4n) is 1.76. The van der Waals surface area contributed by atoms with E-state index in [1.807, 2.05) is 30.3 Å². The molecule has 0 saturated carbocycles. The Kier molecular flexibility index (Phi) is 3.79. The van der Waals surface area contributed by atoms with Crippen LogP contribution < -0.4 is 10.6 Å². The van der Waals surface area contributed by atoms with Crippen LogP contribution in [-0.2, 0) is 6.54 Å². The molecule has 0 atom stereocenters. The zero-order valence-corrected chi connectivity index (χ0v) is 10.7. The SMILES string of the molecule is CN(Cc1ccccc1)c1nc(=O)n(C(=O)O)cc1F. The molecule has 1 N–H and O–H groups in total. The number of benzene rings is 1. The Labute approximate surface area is 113 Å². The van der Waals surface area contributed by atoms with E-state index in [9.17, 15) is 14.0 Å². The Morgan fingerprint density at radius 1 is 1.40 bits per heavy atom. The van der Waals surface area contributed by atoms with Crippen LogP contribution in [0.5, 0.6) is 0 Å². The molecule has 1 heterocycles. The van der Waals surface area contributed by atoms with Crippen molar-refractivity contribution in [3.8, 4) is 0 Å². The molecule has 0 unspecified atom stereocenters. The lowest BCUT2D eigenvalue weighted by Gasteiger charge is -2.18. The lowest BCUT2D eigenvalue weighted by atomic mass is 10.2. The molecule has 0 aliphatic rings. The molecule has 0 saturated heterocycles. The maximum Gasteiger partial charge on any atom is 0.419 e. The van der Waals surface area contributed by atoms with Crippen molar-refractivity contribution < 1.29 is 14.3 Å². The van der Waals surface area contributed by atoms with Gasteiger partial charge >= 0.3 is 11.8 Å². The molecule has 6 nitrogen and oxygen atoms in total. The molecular weight excluding hydrogens is 265 g/mol. The standard InChI is InChI=1S/C13H12FN3O3/c1-16(7-9-5-3-2-4-6-9)11-10(14)8-17(13(19)20)12(18)15-11/h2-6,8H,7H2,1H3,(H,19,20). The topological polar surface area (TPSA) is 75.4 Å². The van der Waals surface area contributed by atoms with Crippen molar-refractivity contribution in [2.75, 3.05) is 11.9 Å². The zero-order valence-electron chi connectivity index (χ0n) is 10.7. The summed E-state index contributed by atoms with van der Waals surface area (Å²) in [6.45, 7) is 0.348. The molecule has 0 spiro atoms. The van der Waals surface area contributed by atoms with Crippen LogP contribution >= 0.6 is 0 Å². The number of halogens is 1. The highest BCUT2D eigenvalue weighted by atomic mass is 19.1. The smallest absolute Gasteiger partial charge is 0.419 e. The molecule has 7 heteroatoms. The van der Waals surface area contributed by atoms with Gasteiger partial charge in [-0.2, -0.15) is 9.55 Å². The van der Waals surface area contributed by atoms with Crippen molar-refractivity contribution in [3.05, 3.63) is 58.4 Å². The van der Waals surface area contributed by atoms with Crippen LogP contribution in [0.1, 0.15) is 5.56 Å². The summed E-state index contributed by atoms with van der Waals surface area (Å²) >= 11 is 0. The average Bonchev–Trinajstić information content (AvgIpc) is 2.41. The molecule has 0 amide bonds. The minimum Gasteiger partial charge on any atom is -0.464 e. The summed E-state index contributed by atoms with van der Waals surface area (Å²) in [6.07, 6.45) is -0.951. The second-order valence-electron chi connectivity index (χ2n) is 4.19. The summed E-state index contributed by atoms with van der Waals surface area (Å²) in [4.78, 5) is 27.1. The number of carboxylic acid groups (broad SMARTS) is 1. The Bertz CT molecular complexity index is 685. The van der Waals surface area contributed by atoms with Gasteiger partial charge in [0.05, 0.1) is 6.20 Å². The van der Waals surface area contributed by atoms with Crippen molar-refractivity contribution in [2.24, 2.45) is 0 Å². The van der Waals surface area contributed by atoms with Gasteiger partial charge in [-0.3, -0.25) is 0 Å². The van der Waals surface area contributed by atoms with Crippen molar-refractivity contribution in [2.45, 2.75) is 6.54 Å². The molecule has 0 radical (unpaired) electrons. The maximum atomic E-state index is 13.8. The van der Waals surface area contributed by atoms with Crippen LogP contribution in [0.3, 0.4) is 0 Å². The van der Waals surface area contributed by atoms with Crippen molar-refractivity contribution >= 4 is 11.9 Å². The van der Waals surface area contributed by atoms with Gasteiger partial charge in [-0.1, -0.05) is 30.3 Å². The van der Waals surface area contributed by atoms with Gasteiger partial charge in [0.2, 0.25) is 0 Å². The van der Waals surface area contributed by atoms with Crippen LogP contribution in [0.2, 0.25) is 0 Å². The number of rotatable bonds is 3. The number of hydrogen-bond acceptors (Lipinski definition) is 4. The summed E-state index contributed by atoms with van der Waals surface area (Å²) in [5, 5.41) is 8.70.